The molecule has 4 atom stereocenters. The van der Waals surface area contributed by atoms with Crippen LogP contribution in [0.5, 0.6) is 0 Å². The van der Waals surface area contributed by atoms with Gasteiger partial charge in [0.15, 0.2) is 0 Å². The molecule has 0 aliphatic rings. The maximum atomic E-state index is 13.9. The molecule has 8 aromatic rings. The normalized spacial score (nSPS) is 12.6. The average molecular weight is 1160 g/mol. The van der Waals surface area contributed by atoms with Gasteiger partial charge in [0, 0.05) is 72.8 Å². The molecule has 428 valence electrons. The number of anilines is 2. The summed E-state index contributed by atoms with van der Waals surface area (Å²) in [6.45, 7) is 8.85. The summed E-state index contributed by atoms with van der Waals surface area (Å²) < 4.78 is 31.6. The summed E-state index contributed by atoms with van der Waals surface area (Å²) in [5, 5.41) is 68.6. The number of carbonyl (C=O) groups excluding carboxylic acids is 4. The maximum Gasteiger partial charge on any atom is 2.00 e. The van der Waals surface area contributed by atoms with Gasteiger partial charge in [-0.1, -0.05) is 113 Å². The molecule has 0 aliphatic carbocycles. The Morgan fingerprint density at radius 3 is 1.14 bits per heavy atom. The van der Waals surface area contributed by atoms with E-state index in [0.29, 0.717) is 56.1 Å². The van der Waals surface area contributed by atoms with Crippen LogP contribution in [0.1, 0.15) is 110 Å². The Bertz CT molecular complexity index is 3200. The Morgan fingerprint density at radius 2 is 0.819 bits per heavy atom. The van der Waals surface area contributed by atoms with Crippen molar-refractivity contribution in [1.82, 2.24) is 9.13 Å². The molecule has 0 saturated heterocycles. The van der Waals surface area contributed by atoms with E-state index in [4.69, 9.17) is 0 Å². The van der Waals surface area contributed by atoms with E-state index in [1.54, 1.807) is 60.9 Å². The minimum Gasteiger partial charge on any atom is -0.550 e. The zero-order chi connectivity index (χ0) is 59.0. The van der Waals surface area contributed by atoms with Crippen molar-refractivity contribution in [3.05, 3.63) is 204 Å². The second-order valence-corrected chi connectivity index (χ2v) is 21.0. The van der Waals surface area contributed by atoms with Crippen molar-refractivity contribution in [2.24, 2.45) is 0 Å². The number of rotatable bonds is 24. The van der Waals surface area contributed by atoms with Crippen molar-refractivity contribution in [3.63, 3.8) is 0 Å². The van der Waals surface area contributed by atoms with Gasteiger partial charge in [0.2, 0.25) is 0 Å². The molecule has 2 heterocycles. The Labute approximate surface area is 512 Å². The summed E-state index contributed by atoms with van der Waals surface area (Å²) in [7, 11) is 0. The largest absolute Gasteiger partial charge is 2.00 e. The number of carboxylic acid groups (broad SMARTS) is 2. The van der Waals surface area contributed by atoms with E-state index >= 15 is 0 Å². The predicted octanol–water partition coefficient (Wildman–Crippen LogP) is 9.58. The van der Waals surface area contributed by atoms with E-state index in [-0.39, 0.29) is 100 Å². The first kappa shape index (κ1) is 64.9. The van der Waals surface area contributed by atoms with Crippen LogP contribution in [0.25, 0.3) is 44.8 Å². The van der Waals surface area contributed by atoms with Gasteiger partial charge in [-0.15, -0.1) is 0 Å². The van der Waals surface area contributed by atoms with Crippen LogP contribution in [-0.2, 0) is 22.7 Å². The molecule has 0 aliphatic heterocycles. The third kappa shape index (κ3) is 18.4. The number of nitrogens with one attached hydrogen (secondary N) is 2. The molecule has 17 heteroatoms. The SMILES string of the molecule is CC(C)c1cccc(-c2c(C(=O)Nc3ccccc3)cn(CC[C@@H](O)C[C@@H](O)CC(=O)[O-])c2-c2ccc(F)cc2)c1.CC(C)c1cccc(-c2c(C(=O)Nc3ccccc3)cn(CC[C@@H](O)C[C@@H](O)CC(=O)[O-])c2-c2ccc(F)cc2)c1.[Ca+2]. The quantitative estimate of drug-likeness (QED) is 0.0314. The maximum absolute atomic E-state index is 13.9. The van der Waals surface area contributed by atoms with Crippen molar-refractivity contribution < 1.29 is 58.6 Å². The van der Waals surface area contributed by atoms with Gasteiger partial charge in [0.1, 0.15) is 11.6 Å². The fraction of sp³-hybridized carbons (Fsp3) is 0.273. The number of para-hydroxylation sites is 2. The van der Waals surface area contributed by atoms with E-state index in [1.165, 1.54) is 24.3 Å². The molecular weight excluding hydrogens is 1090 g/mol. The molecule has 14 nitrogen and oxygen atoms in total. The molecule has 0 radical (unpaired) electrons. The van der Waals surface area contributed by atoms with E-state index in [1.807, 2.05) is 94.1 Å². The molecule has 0 fully saturated rings. The number of amides is 2. The molecule has 6 N–H and O–H groups in total. The van der Waals surface area contributed by atoms with Gasteiger partial charge in [-0.2, -0.15) is 0 Å². The smallest absolute Gasteiger partial charge is 0.550 e. The standard InChI is InChI=1S/2C33H35FN2O5.Ca/c2*1-21(2)23-7-6-8-24(17-23)31-29(33(41)35-26-9-4-3-5-10-26)20-36(32(31)22-11-13-25(34)14-12-22)16-15-27(37)18-28(38)19-30(39)40;/h2*3-14,17,20-21,27-28,37-38H,15-16,18-19H2,1-2H3,(H,35,41)(H,39,40);/q;;+2/p-2/t2*27-,28-;/m11./s1. The second-order valence-electron chi connectivity index (χ2n) is 21.0. The molecule has 2 aromatic heterocycles. The molecule has 0 bridgehead atoms. The third-order valence-electron chi connectivity index (χ3n) is 13.9. The molecule has 8 rings (SSSR count). The van der Waals surface area contributed by atoms with E-state index < -0.39 is 60.8 Å². The van der Waals surface area contributed by atoms with E-state index in [9.17, 15) is 58.6 Å². The van der Waals surface area contributed by atoms with Crippen LogP contribution in [0.2, 0.25) is 0 Å². The number of benzene rings is 6. The van der Waals surface area contributed by atoms with Crippen LogP contribution in [0.15, 0.2) is 170 Å². The monoisotopic (exact) mass is 1150 g/mol. The molecule has 83 heavy (non-hydrogen) atoms. The number of hydrogen-bond donors (Lipinski definition) is 6. The first-order valence-corrected chi connectivity index (χ1v) is 27.3. The summed E-state index contributed by atoms with van der Waals surface area (Å²) in [6, 6.07) is 46.1. The van der Waals surface area contributed by atoms with Crippen LogP contribution < -0.4 is 20.8 Å². The fourth-order valence-electron chi connectivity index (χ4n) is 9.77. The van der Waals surface area contributed by atoms with Gasteiger partial charge in [-0.25, -0.2) is 8.78 Å². The first-order valence-electron chi connectivity index (χ1n) is 27.3. The third-order valence-corrected chi connectivity index (χ3v) is 13.9. The first-order chi connectivity index (χ1) is 39.2. The number of nitrogens with zero attached hydrogens (tertiary/aromatic N) is 2. The minimum absolute atomic E-state index is 0. The zero-order valence-corrected chi connectivity index (χ0v) is 49.1. The van der Waals surface area contributed by atoms with Gasteiger partial charge < -0.3 is 60.0 Å². The molecular formula is C66H68CaF2N4O10. The van der Waals surface area contributed by atoms with Crippen molar-refractivity contribution in [1.29, 1.82) is 0 Å². The molecule has 0 spiro atoms. The molecule has 2 amide bonds. The Kier molecular flexibility index (Phi) is 24.1. The average Bonchev–Trinajstić information content (AvgIpc) is 3.75. The van der Waals surface area contributed by atoms with Crippen molar-refractivity contribution in [2.75, 3.05) is 10.6 Å². The number of aliphatic carboxylic acids is 2. The summed E-state index contributed by atoms with van der Waals surface area (Å²) in [4.78, 5) is 49.1. The molecule has 0 unspecified atom stereocenters. The van der Waals surface area contributed by atoms with Crippen LogP contribution in [0.3, 0.4) is 0 Å². The van der Waals surface area contributed by atoms with Gasteiger partial charge in [0.25, 0.3) is 11.8 Å². The Balaban J connectivity index is 0.000000263. The van der Waals surface area contributed by atoms with E-state index in [2.05, 4.69) is 38.3 Å². The summed E-state index contributed by atoms with van der Waals surface area (Å²) >= 11 is 0. The number of hydrogen-bond acceptors (Lipinski definition) is 10. The molecule has 6 aromatic carbocycles. The number of aryl methyl sites for hydroxylation is 2. The number of aliphatic hydroxyl groups is 4. The number of carbonyl (C=O) groups is 4. The predicted molar refractivity (Wildman–Crippen MR) is 315 cm³/mol. The zero-order valence-electron chi connectivity index (χ0n) is 46.9. The Morgan fingerprint density at radius 1 is 0.470 bits per heavy atom. The summed E-state index contributed by atoms with van der Waals surface area (Å²) in [5.41, 5.74) is 9.93. The van der Waals surface area contributed by atoms with Crippen molar-refractivity contribution >= 4 is 72.9 Å². The van der Waals surface area contributed by atoms with Crippen LogP contribution in [0.4, 0.5) is 20.2 Å². The van der Waals surface area contributed by atoms with Crippen molar-refractivity contribution in [2.45, 2.75) is 116 Å². The van der Waals surface area contributed by atoms with E-state index in [0.717, 1.165) is 22.3 Å². The molecule has 0 saturated carbocycles. The van der Waals surface area contributed by atoms with Gasteiger partial charge in [-0.3, -0.25) is 9.59 Å². The second kappa shape index (κ2) is 30.9. The number of aromatic nitrogens is 2. The van der Waals surface area contributed by atoms with Crippen LogP contribution in [0, 0.1) is 11.6 Å². The Hall–Kier alpha value is -7.28. The number of carboxylic acids is 2. The number of aliphatic hydroxyl groups excluding tert-OH is 4. The van der Waals surface area contributed by atoms with Gasteiger partial charge in [0.05, 0.1) is 46.9 Å². The summed E-state index contributed by atoms with van der Waals surface area (Å²) in [6.07, 6.45) is -2.08. The van der Waals surface area contributed by atoms with Crippen molar-refractivity contribution in [3.8, 4) is 44.8 Å². The number of halogens is 2. The fourth-order valence-corrected chi connectivity index (χ4v) is 9.77. The minimum atomic E-state index is -1.39. The topological polar surface area (TPSA) is 229 Å². The van der Waals surface area contributed by atoms with Gasteiger partial charge in [-0.05, 0) is 144 Å². The van der Waals surface area contributed by atoms with Crippen LogP contribution >= 0.6 is 0 Å². The van der Waals surface area contributed by atoms with Crippen LogP contribution in [-0.4, -0.2) is 115 Å². The van der Waals surface area contributed by atoms with Gasteiger partial charge >= 0.3 is 37.7 Å². The summed E-state index contributed by atoms with van der Waals surface area (Å²) in [5.74, 6) is -3.73.